The molecule has 0 aromatic rings. The molecule has 0 saturated carbocycles. The summed E-state index contributed by atoms with van der Waals surface area (Å²) in [5.41, 5.74) is 0. The second-order valence-electron chi connectivity index (χ2n) is 3.26. The Morgan fingerprint density at radius 1 is 1.36 bits per heavy atom. The van der Waals surface area contributed by atoms with Crippen LogP contribution >= 0.6 is 0 Å². The number of rotatable bonds is 7. The molecular formula is C10H22N2O2. The molecule has 0 aliphatic carbocycles. The van der Waals surface area contributed by atoms with Gasteiger partial charge >= 0.3 is 6.03 Å². The summed E-state index contributed by atoms with van der Waals surface area (Å²) in [5, 5.41) is 5.53. The third kappa shape index (κ3) is 7.86. The first-order valence-corrected chi connectivity index (χ1v) is 5.34. The van der Waals surface area contributed by atoms with Crippen LogP contribution in [0.5, 0.6) is 0 Å². The lowest BCUT2D eigenvalue weighted by molar-refractivity contribution is 0.0776. The van der Waals surface area contributed by atoms with Crippen molar-refractivity contribution >= 4 is 6.03 Å². The van der Waals surface area contributed by atoms with E-state index in [1.165, 1.54) is 0 Å². The van der Waals surface area contributed by atoms with Crippen LogP contribution in [-0.2, 0) is 4.74 Å². The summed E-state index contributed by atoms with van der Waals surface area (Å²) in [6.45, 7) is 7.96. The van der Waals surface area contributed by atoms with Gasteiger partial charge in [0.25, 0.3) is 0 Å². The first-order valence-electron chi connectivity index (χ1n) is 5.34. The van der Waals surface area contributed by atoms with Crippen molar-refractivity contribution in [3.05, 3.63) is 0 Å². The van der Waals surface area contributed by atoms with Crippen molar-refractivity contribution in [3.8, 4) is 0 Å². The predicted octanol–water partition coefficient (Wildman–Crippen LogP) is 1.51. The Kier molecular flexibility index (Phi) is 8.33. The summed E-state index contributed by atoms with van der Waals surface area (Å²) in [4.78, 5) is 11.1. The van der Waals surface area contributed by atoms with E-state index < -0.39 is 0 Å². The highest BCUT2D eigenvalue weighted by Crippen LogP contribution is 1.87. The van der Waals surface area contributed by atoms with Gasteiger partial charge < -0.3 is 15.4 Å². The maximum absolute atomic E-state index is 11.1. The second-order valence-corrected chi connectivity index (χ2v) is 3.26. The largest absolute Gasteiger partial charge is 0.377 e. The summed E-state index contributed by atoms with van der Waals surface area (Å²) >= 11 is 0. The standard InChI is InChI=1S/C10H22N2O2/c1-4-6-7-11-10(13)12-8-9(3)14-5-2/h9H,4-8H2,1-3H3,(H2,11,12,13). The van der Waals surface area contributed by atoms with Crippen LogP contribution in [0.25, 0.3) is 0 Å². The predicted molar refractivity (Wildman–Crippen MR) is 57.4 cm³/mol. The molecule has 84 valence electrons. The molecule has 2 amide bonds. The van der Waals surface area contributed by atoms with Gasteiger partial charge in [0.15, 0.2) is 0 Å². The number of hydrogen-bond donors (Lipinski definition) is 2. The lowest BCUT2D eigenvalue weighted by atomic mass is 10.3. The van der Waals surface area contributed by atoms with Gasteiger partial charge in [0.2, 0.25) is 0 Å². The van der Waals surface area contributed by atoms with Crippen LogP contribution < -0.4 is 10.6 Å². The number of unbranched alkanes of at least 4 members (excludes halogenated alkanes) is 1. The highest BCUT2D eigenvalue weighted by molar-refractivity contribution is 5.73. The highest BCUT2D eigenvalue weighted by atomic mass is 16.5. The Bertz CT molecular complexity index is 151. The zero-order chi connectivity index (χ0) is 10.8. The van der Waals surface area contributed by atoms with E-state index in [2.05, 4.69) is 17.6 Å². The molecule has 0 spiro atoms. The van der Waals surface area contributed by atoms with E-state index in [9.17, 15) is 4.79 Å². The van der Waals surface area contributed by atoms with E-state index >= 15 is 0 Å². The molecule has 0 heterocycles. The van der Waals surface area contributed by atoms with Crippen LogP contribution in [0.15, 0.2) is 0 Å². The monoisotopic (exact) mass is 202 g/mol. The van der Waals surface area contributed by atoms with Crippen LogP contribution in [0.1, 0.15) is 33.6 Å². The second kappa shape index (κ2) is 8.81. The summed E-state index contributed by atoms with van der Waals surface area (Å²) in [6.07, 6.45) is 2.20. The molecule has 1 atom stereocenters. The molecule has 0 rings (SSSR count). The van der Waals surface area contributed by atoms with Crippen molar-refractivity contribution in [2.75, 3.05) is 19.7 Å². The molecule has 0 bridgehead atoms. The van der Waals surface area contributed by atoms with Gasteiger partial charge in [0.1, 0.15) is 0 Å². The van der Waals surface area contributed by atoms with Gasteiger partial charge in [0, 0.05) is 19.7 Å². The number of ether oxygens (including phenoxy) is 1. The van der Waals surface area contributed by atoms with Gasteiger partial charge in [-0.05, 0) is 20.3 Å². The molecule has 0 fully saturated rings. The first-order chi connectivity index (χ1) is 6.70. The van der Waals surface area contributed by atoms with Gasteiger partial charge in [-0.1, -0.05) is 13.3 Å². The van der Waals surface area contributed by atoms with Gasteiger partial charge in [-0.15, -0.1) is 0 Å². The fraction of sp³-hybridized carbons (Fsp3) is 0.900. The zero-order valence-corrected chi connectivity index (χ0v) is 9.43. The van der Waals surface area contributed by atoms with Crippen molar-refractivity contribution in [2.45, 2.75) is 39.7 Å². The maximum atomic E-state index is 11.1. The summed E-state index contributed by atoms with van der Waals surface area (Å²) in [5.74, 6) is 0. The Balaban J connectivity index is 3.34. The highest BCUT2D eigenvalue weighted by Gasteiger charge is 2.03. The molecule has 0 aromatic heterocycles. The molecule has 14 heavy (non-hydrogen) atoms. The molecule has 1 unspecified atom stereocenters. The van der Waals surface area contributed by atoms with Crippen LogP contribution in [0, 0.1) is 0 Å². The minimum Gasteiger partial charge on any atom is -0.377 e. The number of carbonyl (C=O) groups is 1. The molecule has 0 radical (unpaired) electrons. The Morgan fingerprint density at radius 3 is 2.64 bits per heavy atom. The molecule has 0 saturated heterocycles. The summed E-state index contributed by atoms with van der Waals surface area (Å²) < 4.78 is 5.28. The minimum absolute atomic E-state index is 0.0805. The fourth-order valence-electron chi connectivity index (χ4n) is 1.02. The average Bonchev–Trinajstić information content (AvgIpc) is 2.16. The van der Waals surface area contributed by atoms with Gasteiger partial charge in [-0.3, -0.25) is 0 Å². The van der Waals surface area contributed by atoms with Crippen LogP contribution in [-0.4, -0.2) is 31.8 Å². The van der Waals surface area contributed by atoms with Crippen molar-refractivity contribution < 1.29 is 9.53 Å². The smallest absolute Gasteiger partial charge is 0.314 e. The minimum atomic E-state index is -0.106. The van der Waals surface area contributed by atoms with Crippen molar-refractivity contribution in [3.63, 3.8) is 0 Å². The zero-order valence-electron chi connectivity index (χ0n) is 9.43. The SMILES string of the molecule is CCCCNC(=O)NCC(C)OCC. The van der Waals surface area contributed by atoms with Crippen LogP contribution in [0.2, 0.25) is 0 Å². The molecular weight excluding hydrogens is 180 g/mol. The number of amides is 2. The number of hydrogen-bond acceptors (Lipinski definition) is 2. The normalized spacial score (nSPS) is 12.2. The van der Waals surface area contributed by atoms with Gasteiger partial charge in [-0.25, -0.2) is 4.79 Å². The third-order valence-corrected chi connectivity index (χ3v) is 1.82. The number of urea groups is 1. The Morgan fingerprint density at radius 2 is 2.07 bits per heavy atom. The van der Waals surface area contributed by atoms with Gasteiger partial charge in [-0.2, -0.15) is 0 Å². The first kappa shape index (κ1) is 13.2. The molecule has 4 nitrogen and oxygen atoms in total. The van der Waals surface area contributed by atoms with E-state index in [0.717, 1.165) is 19.4 Å². The van der Waals surface area contributed by atoms with E-state index in [1.807, 2.05) is 13.8 Å². The quantitative estimate of drug-likeness (QED) is 0.615. The molecule has 2 N–H and O–H groups in total. The fourth-order valence-corrected chi connectivity index (χ4v) is 1.02. The lowest BCUT2D eigenvalue weighted by Crippen LogP contribution is -2.40. The lowest BCUT2D eigenvalue weighted by Gasteiger charge is -2.12. The Hall–Kier alpha value is -0.770. The summed E-state index contributed by atoms with van der Waals surface area (Å²) in [7, 11) is 0. The topological polar surface area (TPSA) is 50.4 Å². The van der Waals surface area contributed by atoms with Gasteiger partial charge in [0.05, 0.1) is 6.10 Å². The van der Waals surface area contributed by atoms with E-state index in [0.29, 0.717) is 13.2 Å². The van der Waals surface area contributed by atoms with Crippen molar-refractivity contribution in [1.82, 2.24) is 10.6 Å². The van der Waals surface area contributed by atoms with Crippen LogP contribution in [0.3, 0.4) is 0 Å². The van der Waals surface area contributed by atoms with E-state index in [1.54, 1.807) is 0 Å². The summed E-state index contributed by atoms with van der Waals surface area (Å²) in [6, 6.07) is -0.106. The van der Waals surface area contributed by atoms with Crippen molar-refractivity contribution in [2.24, 2.45) is 0 Å². The molecule has 0 aliphatic rings. The Labute approximate surface area is 86.4 Å². The maximum Gasteiger partial charge on any atom is 0.314 e. The molecule has 0 aromatic carbocycles. The van der Waals surface area contributed by atoms with E-state index in [-0.39, 0.29) is 12.1 Å². The number of carbonyl (C=O) groups excluding carboxylic acids is 1. The average molecular weight is 202 g/mol. The van der Waals surface area contributed by atoms with E-state index in [4.69, 9.17) is 4.74 Å². The van der Waals surface area contributed by atoms with Crippen molar-refractivity contribution in [1.29, 1.82) is 0 Å². The van der Waals surface area contributed by atoms with Crippen LogP contribution in [0.4, 0.5) is 4.79 Å². The number of nitrogens with one attached hydrogen (secondary N) is 2. The molecule has 0 aliphatic heterocycles. The third-order valence-electron chi connectivity index (χ3n) is 1.82. The molecule has 4 heteroatoms.